The number of nitrogens with one attached hydrogen (secondary N) is 4. The van der Waals surface area contributed by atoms with Gasteiger partial charge >= 0.3 is 0 Å². The minimum atomic E-state index is -0.138. The molecule has 0 fully saturated rings. The summed E-state index contributed by atoms with van der Waals surface area (Å²) in [6.45, 7) is 0.255. The van der Waals surface area contributed by atoms with E-state index >= 15 is 0 Å². The molecule has 4 N–H and O–H groups in total. The molecule has 1 heterocycles. The highest BCUT2D eigenvalue weighted by Crippen LogP contribution is 2.34. The van der Waals surface area contributed by atoms with E-state index in [0.717, 1.165) is 65.8 Å². The van der Waals surface area contributed by atoms with E-state index in [-0.39, 0.29) is 24.9 Å². The molecule has 6 heteroatoms. The Bertz CT molecular complexity index is 1800. The van der Waals surface area contributed by atoms with E-state index in [1.54, 1.807) is 0 Å². The van der Waals surface area contributed by atoms with Gasteiger partial charge in [-0.1, -0.05) is 48.5 Å². The van der Waals surface area contributed by atoms with Gasteiger partial charge in [-0.25, -0.2) is 0 Å². The van der Waals surface area contributed by atoms with E-state index in [0.29, 0.717) is 0 Å². The summed E-state index contributed by atoms with van der Waals surface area (Å²) in [5.74, 6) is -0.277. The Morgan fingerprint density at radius 3 is 1.16 bits per heavy atom. The van der Waals surface area contributed by atoms with Crippen LogP contribution in [0.5, 0.6) is 0 Å². The third-order valence-electron chi connectivity index (χ3n) is 7.19. The van der Waals surface area contributed by atoms with Gasteiger partial charge in [-0.3, -0.25) is 9.59 Å². The van der Waals surface area contributed by atoms with Gasteiger partial charge in [-0.2, -0.15) is 0 Å². The quantitative estimate of drug-likeness (QED) is 0.176. The lowest BCUT2D eigenvalue weighted by atomic mass is 10.0. The fraction of sp³-hybridized carbons (Fsp3) is 0.0625. The molecule has 2 amide bonds. The van der Waals surface area contributed by atoms with E-state index in [9.17, 15) is 9.59 Å². The first kappa shape index (κ1) is 22.1. The van der Waals surface area contributed by atoms with Gasteiger partial charge in [-0.05, 0) is 70.1 Å². The Balaban J connectivity index is 1.38. The molecule has 1 aliphatic heterocycles. The van der Waals surface area contributed by atoms with E-state index in [4.69, 9.17) is 0 Å². The Morgan fingerprint density at radius 1 is 0.421 bits per heavy atom. The van der Waals surface area contributed by atoms with Gasteiger partial charge in [-0.15, -0.1) is 0 Å². The Hall–Kier alpha value is -5.10. The average molecular weight is 497 g/mol. The number of carbonyl (C=O) groups is 2. The SMILES string of the molecule is O=C1CNc2cccc3cc4cccc(c4cc23)NCC(=O)Nc2cccc3cc4cccc(c4cc23)N1. The van der Waals surface area contributed by atoms with Crippen molar-refractivity contribution >= 4 is 77.7 Å². The fourth-order valence-electron chi connectivity index (χ4n) is 5.37. The Labute approximate surface area is 218 Å². The molecule has 184 valence electrons. The first-order valence-electron chi connectivity index (χ1n) is 12.6. The molecule has 6 aromatic carbocycles. The average Bonchev–Trinajstić information content (AvgIpc) is 2.93. The van der Waals surface area contributed by atoms with Crippen LogP contribution in [-0.4, -0.2) is 24.9 Å². The maximum atomic E-state index is 13.1. The molecule has 6 aromatic rings. The van der Waals surface area contributed by atoms with Gasteiger partial charge in [0.2, 0.25) is 11.8 Å². The second kappa shape index (κ2) is 8.78. The lowest BCUT2D eigenvalue weighted by Crippen LogP contribution is -2.22. The molecule has 0 saturated carbocycles. The van der Waals surface area contributed by atoms with Crippen LogP contribution >= 0.6 is 0 Å². The van der Waals surface area contributed by atoms with Crippen molar-refractivity contribution in [2.45, 2.75) is 0 Å². The van der Waals surface area contributed by atoms with Gasteiger partial charge in [0.1, 0.15) is 0 Å². The summed E-state index contributed by atoms with van der Waals surface area (Å²) in [4.78, 5) is 26.2. The third kappa shape index (κ3) is 3.83. The zero-order valence-electron chi connectivity index (χ0n) is 20.5. The Kier molecular flexibility index (Phi) is 5.11. The minimum absolute atomic E-state index is 0.127. The number of hydrogen-bond acceptors (Lipinski definition) is 4. The largest absolute Gasteiger partial charge is 0.376 e. The van der Waals surface area contributed by atoms with Gasteiger partial charge in [0.05, 0.1) is 13.1 Å². The highest BCUT2D eigenvalue weighted by Gasteiger charge is 2.13. The number of benzene rings is 6. The normalized spacial score (nSPS) is 14.0. The maximum Gasteiger partial charge on any atom is 0.243 e. The summed E-state index contributed by atoms with van der Waals surface area (Å²) < 4.78 is 0. The summed E-state index contributed by atoms with van der Waals surface area (Å²) in [6.07, 6.45) is 0. The molecule has 0 atom stereocenters. The fourth-order valence-corrected chi connectivity index (χ4v) is 5.37. The summed E-state index contributed by atoms with van der Waals surface area (Å²) >= 11 is 0. The van der Waals surface area contributed by atoms with Crippen LogP contribution in [0.3, 0.4) is 0 Å². The predicted molar refractivity (Wildman–Crippen MR) is 157 cm³/mol. The molecule has 1 aliphatic rings. The summed E-state index contributed by atoms with van der Waals surface area (Å²) in [6, 6.07) is 32.2. The zero-order valence-corrected chi connectivity index (χ0v) is 20.5. The van der Waals surface area contributed by atoms with Gasteiger partial charge < -0.3 is 21.3 Å². The van der Waals surface area contributed by atoms with Crippen molar-refractivity contribution in [1.82, 2.24) is 0 Å². The summed E-state index contributed by atoms with van der Waals surface area (Å²) in [5, 5.41) is 20.8. The second-order valence-electron chi connectivity index (χ2n) is 9.61. The highest BCUT2D eigenvalue weighted by atomic mass is 16.2. The van der Waals surface area contributed by atoms with Crippen molar-refractivity contribution < 1.29 is 9.59 Å². The van der Waals surface area contributed by atoms with Crippen LogP contribution in [0.4, 0.5) is 22.7 Å². The van der Waals surface area contributed by atoms with E-state index in [2.05, 4.69) is 51.6 Å². The van der Waals surface area contributed by atoms with Crippen molar-refractivity contribution in [1.29, 1.82) is 0 Å². The number of anilines is 4. The van der Waals surface area contributed by atoms with Crippen molar-refractivity contribution in [2.24, 2.45) is 0 Å². The molecule has 0 aromatic heterocycles. The molecule has 0 saturated heterocycles. The molecule has 7 rings (SSSR count). The van der Waals surface area contributed by atoms with Crippen LogP contribution in [-0.2, 0) is 9.59 Å². The smallest absolute Gasteiger partial charge is 0.243 e. The van der Waals surface area contributed by atoms with Crippen LogP contribution in [0.2, 0.25) is 0 Å². The molecule has 0 radical (unpaired) electrons. The van der Waals surface area contributed by atoms with Crippen LogP contribution in [0.1, 0.15) is 0 Å². The highest BCUT2D eigenvalue weighted by molar-refractivity contribution is 6.13. The number of rotatable bonds is 0. The van der Waals surface area contributed by atoms with Crippen LogP contribution in [0.25, 0.3) is 43.1 Å². The van der Waals surface area contributed by atoms with E-state index < -0.39 is 0 Å². The maximum absolute atomic E-state index is 13.1. The molecule has 0 aliphatic carbocycles. The van der Waals surface area contributed by atoms with Crippen LogP contribution in [0.15, 0.2) is 97.1 Å². The molecule has 0 spiro atoms. The molecular weight excluding hydrogens is 472 g/mol. The van der Waals surface area contributed by atoms with Crippen molar-refractivity contribution in [3.05, 3.63) is 97.1 Å². The molecular formula is C32H24N4O2. The molecule has 4 bridgehead atoms. The summed E-state index contributed by atoms with van der Waals surface area (Å²) in [5.41, 5.74) is 3.21. The van der Waals surface area contributed by atoms with Gasteiger partial charge in [0.15, 0.2) is 0 Å². The number of amides is 2. The lowest BCUT2D eigenvalue weighted by Gasteiger charge is -2.16. The molecule has 38 heavy (non-hydrogen) atoms. The third-order valence-corrected chi connectivity index (χ3v) is 7.19. The topological polar surface area (TPSA) is 82.3 Å². The number of carbonyl (C=O) groups excluding carboxylic acids is 2. The first-order valence-corrected chi connectivity index (χ1v) is 12.6. The first-order chi connectivity index (χ1) is 18.6. The minimum Gasteiger partial charge on any atom is -0.376 e. The Morgan fingerprint density at radius 2 is 0.763 bits per heavy atom. The van der Waals surface area contributed by atoms with E-state index in [1.807, 2.05) is 66.7 Å². The number of hydrogen-bond donors (Lipinski definition) is 4. The van der Waals surface area contributed by atoms with Crippen LogP contribution in [0, 0.1) is 0 Å². The zero-order chi connectivity index (χ0) is 25.6. The van der Waals surface area contributed by atoms with Gasteiger partial charge in [0.25, 0.3) is 0 Å². The van der Waals surface area contributed by atoms with Crippen LogP contribution < -0.4 is 21.3 Å². The second-order valence-corrected chi connectivity index (χ2v) is 9.61. The van der Waals surface area contributed by atoms with Gasteiger partial charge in [0, 0.05) is 44.3 Å². The standard InChI is InChI=1S/C32H24N4O2/c37-31-17-33-27-9-1-5-19-13-20-6-2-10-28(24(20)15-23(19)27)34-18-32(38)36-30-12-4-8-22-14-21-7-3-11-29(35-31)25(21)16-26(22)30/h1-16,33-34H,17-18H2,(H,35,37)(H,36,38). The monoisotopic (exact) mass is 496 g/mol. The predicted octanol–water partition coefficient (Wildman–Crippen LogP) is 6.71. The van der Waals surface area contributed by atoms with Crippen molar-refractivity contribution in [2.75, 3.05) is 34.4 Å². The summed E-state index contributed by atoms with van der Waals surface area (Å²) in [7, 11) is 0. The lowest BCUT2D eigenvalue weighted by molar-refractivity contribution is -0.115. The van der Waals surface area contributed by atoms with Crippen molar-refractivity contribution in [3.8, 4) is 0 Å². The van der Waals surface area contributed by atoms with Crippen molar-refractivity contribution in [3.63, 3.8) is 0 Å². The molecule has 6 nitrogen and oxygen atoms in total. The molecule has 0 unspecified atom stereocenters. The van der Waals surface area contributed by atoms with E-state index in [1.165, 1.54) is 0 Å².